The van der Waals surface area contributed by atoms with Crippen molar-refractivity contribution >= 4 is 70.1 Å². The van der Waals surface area contributed by atoms with Crippen molar-refractivity contribution < 1.29 is 30.5 Å². The largest absolute Gasteiger partial charge is 0.397 e. The van der Waals surface area contributed by atoms with Gasteiger partial charge in [0.05, 0.1) is 11.4 Å². The maximum Gasteiger partial charge on any atom is 0.296 e. The van der Waals surface area contributed by atoms with Gasteiger partial charge in [-0.2, -0.15) is 16.8 Å². The quantitative estimate of drug-likeness (QED) is 0.0756. The van der Waals surface area contributed by atoms with Gasteiger partial charge in [0.25, 0.3) is 20.2 Å². The van der Waals surface area contributed by atoms with Gasteiger partial charge >= 0.3 is 0 Å². The number of nitrogen functional groups attached to an aromatic ring is 1. The lowest BCUT2D eigenvalue weighted by Crippen LogP contribution is -2.33. The van der Waals surface area contributed by atoms with E-state index >= 15 is 0 Å². The zero-order chi connectivity index (χ0) is 28.2. The topological polar surface area (TPSA) is 164 Å². The molecule has 0 atom stereocenters. The van der Waals surface area contributed by atoms with E-state index in [0.717, 1.165) is 0 Å². The van der Waals surface area contributed by atoms with Crippen LogP contribution in [0.15, 0.2) is 107 Å². The number of nitrogens with one attached hydrogen (secondary N) is 1. The first-order chi connectivity index (χ1) is 19.0. The molecule has 0 aliphatic heterocycles. The number of anilines is 3. The van der Waals surface area contributed by atoms with Gasteiger partial charge in [-0.3, -0.25) is 9.11 Å². The number of benzene rings is 5. The Morgan fingerprint density at radius 2 is 1.38 bits per heavy atom. The highest BCUT2D eigenvalue weighted by atomic mass is 32.2. The molecule has 0 unspecified atom stereocenters. The van der Waals surface area contributed by atoms with Crippen LogP contribution < -0.4 is 15.6 Å². The van der Waals surface area contributed by atoms with E-state index in [1.165, 1.54) is 24.3 Å². The van der Waals surface area contributed by atoms with Gasteiger partial charge < -0.3 is 11.1 Å². The normalized spacial score (nSPS) is 12.2. The summed E-state index contributed by atoms with van der Waals surface area (Å²) in [6.07, 6.45) is 0. The summed E-state index contributed by atoms with van der Waals surface area (Å²) in [6, 6.07) is 27.1. The number of nitrogens with two attached hydrogens (primary N) is 1. The molecule has 5 N–H and O–H groups in total. The maximum atomic E-state index is 12.5. The van der Waals surface area contributed by atoms with Crippen LogP contribution in [0.4, 0.5) is 17.1 Å². The van der Waals surface area contributed by atoms with Crippen molar-refractivity contribution in [2.45, 2.75) is 9.79 Å². The average Bonchev–Trinajstić information content (AvgIpc) is 2.91. The fraction of sp³-hybridized carbons (Fsp3) is 0. The van der Waals surface area contributed by atoms with Crippen LogP contribution in [-0.4, -0.2) is 30.9 Å². The molecule has 1 heterocycles. The molecule has 0 bridgehead atoms. The van der Waals surface area contributed by atoms with Gasteiger partial charge in [0, 0.05) is 40.7 Å². The van der Waals surface area contributed by atoms with Crippen LogP contribution in [-0.2, 0) is 20.2 Å². The average molecular weight is 574 g/mol. The summed E-state index contributed by atoms with van der Waals surface area (Å²) in [5.74, 6) is 0. The van der Waals surface area contributed by atoms with E-state index in [0.29, 0.717) is 39.0 Å². The Bertz CT molecular complexity index is 2190. The van der Waals surface area contributed by atoms with Crippen LogP contribution in [0.3, 0.4) is 0 Å². The van der Waals surface area contributed by atoms with E-state index in [4.69, 9.17) is 10.7 Å². The molecule has 5 aromatic carbocycles. The molecule has 200 valence electrons. The fourth-order valence-corrected chi connectivity index (χ4v) is 6.22. The number of aromatic nitrogens is 2. The van der Waals surface area contributed by atoms with E-state index in [9.17, 15) is 25.9 Å². The number of hydrogen-bond donors (Lipinski definition) is 4. The van der Waals surface area contributed by atoms with Crippen molar-refractivity contribution in [1.82, 2.24) is 4.98 Å². The predicted molar refractivity (Wildman–Crippen MR) is 152 cm³/mol. The van der Waals surface area contributed by atoms with Crippen LogP contribution in [0.1, 0.15) is 0 Å². The van der Waals surface area contributed by atoms with E-state index in [-0.39, 0.29) is 21.5 Å². The molecule has 0 saturated heterocycles. The van der Waals surface area contributed by atoms with Gasteiger partial charge in [0.1, 0.15) is 20.8 Å². The molecular weight excluding hydrogens is 552 g/mol. The molecule has 12 heteroatoms. The Labute approximate surface area is 228 Å². The summed E-state index contributed by atoms with van der Waals surface area (Å²) in [4.78, 5) is 3.89. The van der Waals surface area contributed by atoms with Gasteiger partial charge in [0.15, 0.2) is 0 Å². The van der Waals surface area contributed by atoms with Crippen molar-refractivity contribution in [1.29, 1.82) is 0 Å². The first-order valence-corrected chi connectivity index (χ1v) is 14.8. The van der Waals surface area contributed by atoms with Gasteiger partial charge in [-0.15, -0.1) is 4.57 Å². The molecule has 0 aliphatic rings. The number of rotatable bonds is 5. The summed E-state index contributed by atoms with van der Waals surface area (Å²) in [7, 11) is -9.32. The number of hydrogen-bond acceptors (Lipinski definition) is 7. The Morgan fingerprint density at radius 3 is 2.02 bits per heavy atom. The second kappa shape index (κ2) is 9.24. The van der Waals surface area contributed by atoms with Gasteiger partial charge in [0.2, 0.25) is 16.7 Å². The molecule has 10 nitrogen and oxygen atoms in total. The van der Waals surface area contributed by atoms with E-state index in [1.807, 2.05) is 65.2 Å². The minimum absolute atomic E-state index is 0.169. The van der Waals surface area contributed by atoms with Crippen molar-refractivity contribution in [3.8, 4) is 5.69 Å². The third-order valence-corrected chi connectivity index (χ3v) is 8.32. The predicted octanol–water partition coefficient (Wildman–Crippen LogP) is 4.64. The minimum atomic E-state index is -4.66. The lowest BCUT2D eigenvalue weighted by Gasteiger charge is -2.15. The molecule has 1 aromatic heterocycles. The van der Waals surface area contributed by atoms with E-state index in [1.54, 1.807) is 12.1 Å². The summed E-state index contributed by atoms with van der Waals surface area (Å²) in [6.45, 7) is 0. The molecule has 0 spiro atoms. The van der Waals surface area contributed by atoms with Gasteiger partial charge in [-0.1, -0.05) is 48.5 Å². The molecule has 6 rings (SSSR count). The molecule has 0 radical (unpaired) electrons. The lowest BCUT2D eigenvalue weighted by atomic mass is 10.0. The van der Waals surface area contributed by atoms with Crippen molar-refractivity contribution in [3.63, 3.8) is 0 Å². The Kier molecular flexibility index (Phi) is 5.93. The Morgan fingerprint density at radius 1 is 0.725 bits per heavy atom. The number of fused-ring (bicyclic) bond motifs is 4. The van der Waals surface area contributed by atoms with E-state index < -0.39 is 25.1 Å². The monoisotopic (exact) mass is 573 g/mol. The summed E-state index contributed by atoms with van der Waals surface area (Å²) in [5, 5.41) is 3.84. The zero-order valence-corrected chi connectivity index (χ0v) is 22.2. The van der Waals surface area contributed by atoms with Crippen LogP contribution in [0, 0.1) is 0 Å². The van der Waals surface area contributed by atoms with Gasteiger partial charge in [-0.05, 0) is 24.3 Å². The summed E-state index contributed by atoms with van der Waals surface area (Å²) in [5.41, 5.74) is 9.13. The van der Waals surface area contributed by atoms with Crippen LogP contribution >= 0.6 is 0 Å². The highest BCUT2D eigenvalue weighted by Crippen LogP contribution is 2.37. The third kappa shape index (κ3) is 4.38. The summed E-state index contributed by atoms with van der Waals surface area (Å²) < 4.78 is 70.7. The SMILES string of the molecule is Nc1cc2c(cc1S(=O)(=O)O)nc1c3cccc(S(=O)(=O)O)c3c(Nc3ccccc3)cc1[n+]2-c1ccccc1. The maximum absolute atomic E-state index is 12.5. The minimum Gasteiger partial charge on any atom is -0.397 e. The van der Waals surface area contributed by atoms with Crippen molar-refractivity contribution in [2.75, 3.05) is 11.1 Å². The second-order valence-corrected chi connectivity index (χ2v) is 11.9. The van der Waals surface area contributed by atoms with Crippen LogP contribution in [0.5, 0.6) is 0 Å². The smallest absolute Gasteiger partial charge is 0.296 e. The van der Waals surface area contributed by atoms with Crippen molar-refractivity contribution in [3.05, 3.63) is 97.1 Å². The summed E-state index contributed by atoms with van der Waals surface area (Å²) >= 11 is 0. The Hall–Kier alpha value is -4.62. The zero-order valence-electron chi connectivity index (χ0n) is 20.6. The molecule has 0 amide bonds. The molecule has 0 saturated carbocycles. The Balaban J connectivity index is 1.85. The molecular formula is C28H21N4O6S2+. The number of nitrogens with zero attached hydrogens (tertiary/aromatic N) is 2. The molecule has 40 heavy (non-hydrogen) atoms. The first-order valence-electron chi connectivity index (χ1n) is 11.9. The van der Waals surface area contributed by atoms with Crippen LogP contribution in [0.2, 0.25) is 0 Å². The number of para-hydroxylation sites is 2. The van der Waals surface area contributed by atoms with Crippen molar-refractivity contribution in [2.24, 2.45) is 0 Å². The lowest BCUT2D eigenvalue weighted by molar-refractivity contribution is -0.538. The first kappa shape index (κ1) is 25.6. The van der Waals surface area contributed by atoms with Crippen LogP contribution in [0.25, 0.3) is 38.5 Å². The molecule has 0 fully saturated rings. The van der Waals surface area contributed by atoms with Gasteiger partial charge in [-0.25, -0.2) is 4.98 Å². The standard InChI is InChI=1S/C28H20N4O6S2/c29-20-14-23-21(16-26(20)40(36,37)38)31-28-19-12-7-13-25(39(33,34)35)27(19)22(30-17-8-3-1-4-9-17)15-24(28)32(23)18-10-5-2-6-11-18/h1-16H,(H4,29,30,33,34,35,36,37,38)/p+1. The van der Waals surface area contributed by atoms with E-state index in [2.05, 4.69) is 5.32 Å². The highest BCUT2D eigenvalue weighted by Gasteiger charge is 2.28. The second-order valence-electron chi connectivity index (χ2n) is 9.07. The fourth-order valence-electron chi connectivity index (χ4n) is 4.87. The molecule has 0 aliphatic carbocycles. The highest BCUT2D eigenvalue weighted by molar-refractivity contribution is 7.86. The molecule has 6 aromatic rings. The third-order valence-electron chi connectivity index (χ3n) is 6.52.